The van der Waals surface area contributed by atoms with Gasteiger partial charge in [0.1, 0.15) is 9.84 Å². The molecule has 0 aromatic carbocycles. The second-order valence-electron chi connectivity index (χ2n) is 4.71. The van der Waals surface area contributed by atoms with E-state index in [9.17, 15) is 8.42 Å². The highest BCUT2D eigenvalue weighted by molar-refractivity contribution is 9.09. The van der Waals surface area contributed by atoms with Crippen LogP contribution in [0.5, 0.6) is 0 Å². The van der Waals surface area contributed by atoms with Crippen LogP contribution in [0.2, 0.25) is 0 Å². The normalized spacial score (nSPS) is 15.5. The first-order valence-electron chi connectivity index (χ1n) is 5.03. The molecule has 0 saturated heterocycles. The fraction of sp³-hybridized carbons (Fsp3) is 1.00. The largest absolute Gasteiger partial charge is 0.229 e. The van der Waals surface area contributed by atoms with Crippen LogP contribution in [-0.4, -0.2) is 24.8 Å². The number of alkyl halides is 1. The molecule has 0 aliphatic carbocycles. The van der Waals surface area contributed by atoms with Gasteiger partial charge in [0.15, 0.2) is 0 Å². The summed E-state index contributed by atoms with van der Waals surface area (Å²) in [5, 5.41) is 0. The lowest BCUT2D eigenvalue weighted by molar-refractivity contribution is 0.383. The molecule has 0 fully saturated rings. The molecule has 2 nitrogen and oxygen atoms in total. The van der Waals surface area contributed by atoms with Crippen molar-refractivity contribution < 1.29 is 8.42 Å². The third kappa shape index (κ3) is 6.02. The third-order valence-electron chi connectivity index (χ3n) is 2.29. The molecule has 0 aromatic rings. The molecule has 0 rings (SSSR count). The Morgan fingerprint density at radius 1 is 1.29 bits per heavy atom. The van der Waals surface area contributed by atoms with Crippen molar-refractivity contribution in [2.45, 2.75) is 45.4 Å². The van der Waals surface area contributed by atoms with E-state index in [-0.39, 0.29) is 11.2 Å². The third-order valence-corrected chi connectivity index (χ3v) is 5.91. The van der Waals surface area contributed by atoms with E-state index in [1.165, 1.54) is 0 Å². The van der Waals surface area contributed by atoms with Gasteiger partial charge in [-0.05, 0) is 18.3 Å². The molecule has 0 spiro atoms. The van der Waals surface area contributed by atoms with Gasteiger partial charge >= 0.3 is 0 Å². The van der Waals surface area contributed by atoms with E-state index in [1.54, 1.807) is 6.92 Å². The van der Waals surface area contributed by atoms with E-state index < -0.39 is 9.84 Å². The van der Waals surface area contributed by atoms with Crippen LogP contribution >= 0.6 is 15.9 Å². The molecular weight excluding hydrogens is 264 g/mol. The van der Waals surface area contributed by atoms with E-state index in [1.807, 2.05) is 0 Å². The minimum Gasteiger partial charge on any atom is -0.229 e. The summed E-state index contributed by atoms with van der Waals surface area (Å²) in [5.74, 6) is 0.581. The van der Waals surface area contributed by atoms with Gasteiger partial charge in [-0.1, -0.05) is 43.6 Å². The van der Waals surface area contributed by atoms with Crippen LogP contribution in [0, 0.1) is 5.41 Å². The Hall–Kier alpha value is 0.430. The maximum absolute atomic E-state index is 11.2. The summed E-state index contributed by atoms with van der Waals surface area (Å²) in [5.41, 5.74) is 0.204. The lowest BCUT2D eigenvalue weighted by Gasteiger charge is -2.25. The molecular formula is C10H21BrO2S. The van der Waals surface area contributed by atoms with Crippen molar-refractivity contribution in [2.24, 2.45) is 5.41 Å². The quantitative estimate of drug-likeness (QED) is 0.728. The van der Waals surface area contributed by atoms with Crippen molar-refractivity contribution in [3.05, 3.63) is 0 Å². The highest BCUT2D eigenvalue weighted by atomic mass is 79.9. The first-order chi connectivity index (χ1) is 6.19. The van der Waals surface area contributed by atoms with Crippen molar-refractivity contribution in [2.75, 3.05) is 11.5 Å². The van der Waals surface area contributed by atoms with Crippen molar-refractivity contribution in [1.29, 1.82) is 0 Å². The van der Waals surface area contributed by atoms with Gasteiger partial charge in [0, 0.05) is 10.6 Å². The summed E-state index contributed by atoms with van der Waals surface area (Å²) in [4.78, 5) is 0.391. The second kappa shape index (κ2) is 5.50. The zero-order valence-corrected chi connectivity index (χ0v) is 11.9. The molecule has 1 unspecified atom stereocenters. The molecule has 86 valence electrons. The van der Waals surface area contributed by atoms with Gasteiger partial charge in [-0.3, -0.25) is 0 Å². The lowest BCUT2D eigenvalue weighted by Crippen LogP contribution is -2.21. The van der Waals surface area contributed by atoms with Crippen LogP contribution in [0.25, 0.3) is 0 Å². The molecule has 0 aromatic heterocycles. The first kappa shape index (κ1) is 14.4. The maximum Gasteiger partial charge on any atom is 0.150 e. The average Bonchev–Trinajstić information content (AvgIpc) is 2.02. The van der Waals surface area contributed by atoms with Gasteiger partial charge < -0.3 is 0 Å². The van der Waals surface area contributed by atoms with Crippen molar-refractivity contribution in [3.63, 3.8) is 0 Å². The fourth-order valence-electron chi connectivity index (χ4n) is 1.06. The number of sulfone groups is 1. The standard InChI is InChI=1S/C10H21BrO2S/c1-5-14(12,13)8-6-7-9(11)10(2,3)4/h9H,5-8H2,1-4H3. The van der Waals surface area contributed by atoms with Gasteiger partial charge in [0.25, 0.3) is 0 Å². The Bertz CT molecular complexity index is 252. The SMILES string of the molecule is CCS(=O)(=O)CCCC(Br)C(C)(C)C. The highest BCUT2D eigenvalue weighted by Gasteiger charge is 2.21. The van der Waals surface area contributed by atoms with E-state index in [0.29, 0.717) is 10.6 Å². The molecule has 0 amide bonds. The first-order valence-corrected chi connectivity index (χ1v) is 7.77. The zero-order chi connectivity index (χ0) is 11.4. The van der Waals surface area contributed by atoms with Crippen LogP contribution in [0.1, 0.15) is 40.5 Å². The molecule has 14 heavy (non-hydrogen) atoms. The molecule has 1 atom stereocenters. The van der Waals surface area contributed by atoms with Gasteiger partial charge in [0.2, 0.25) is 0 Å². The molecule has 4 heteroatoms. The van der Waals surface area contributed by atoms with E-state index in [4.69, 9.17) is 0 Å². The lowest BCUT2D eigenvalue weighted by atomic mass is 9.90. The topological polar surface area (TPSA) is 34.1 Å². The molecule has 0 N–H and O–H groups in total. The molecule has 0 aliphatic heterocycles. The Morgan fingerprint density at radius 2 is 1.79 bits per heavy atom. The highest BCUT2D eigenvalue weighted by Crippen LogP contribution is 2.29. The number of halogens is 1. The Labute approximate surface area is 96.5 Å². The summed E-state index contributed by atoms with van der Waals surface area (Å²) in [6.45, 7) is 8.16. The molecule has 0 bridgehead atoms. The van der Waals surface area contributed by atoms with Crippen molar-refractivity contribution in [3.8, 4) is 0 Å². The van der Waals surface area contributed by atoms with Gasteiger partial charge in [-0.15, -0.1) is 0 Å². The van der Waals surface area contributed by atoms with Crippen LogP contribution in [0.15, 0.2) is 0 Å². The minimum absolute atomic E-state index is 0.204. The predicted octanol–water partition coefficient (Wildman–Crippen LogP) is 3.01. The van der Waals surface area contributed by atoms with Gasteiger partial charge in [-0.2, -0.15) is 0 Å². The number of hydrogen-bond acceptors (Lipinski definition) is 2. The molecule has 0 heterocycles. The Kier molecular flexibility index (Phi) is 5.67. The van der Waals surface area contributed by atoms with Crippen molar-refractivity contribution in [1.82, 2.24) is 0 Å². The summed E-state index contributed by atoms with van der Waals surface area (Å²) in [6, 6.07) is 0. The van der Waals surface area contributed by atoms with Gasteiger partial charge in [0.05, 0.1) is 5.75 Å². The monoisotopic (exact) mass is 284 g/mol. The maximum atomic E-state index is 11.2. The number of hydrogen-bond donors (Lipinski definition) is 0. The number of rotatable bonds is 5. The van der Waals surface area contributed by atoms with Crippen LogP contribution in [-0.2, 0) is 9.84 Å². The van der Waals surface area contributed by atoms with Crippen LogP contribution < -0.4 is 0 Å². The predicted molar refractivity (Wildman–Crippen MR) is 65.7 cm³/mol. The summed E-state index contributed by atoms with van der Waals surface area (Å²) in [7, 11) is -2.78. The van der Waals surface area contributed by atoms with Crippen molar-refractivity contribution >= 4 is 25.8 Å². The van der Waals surface area contributed by atoms with Crippen LogP contribution in [0.4, 0.5) is 0 Å². The summed E-state index contributed by atoms with van der Waals surface area (Å²) >= 11 is 3.59. The van der Waals surface area contributed by atoms with Gasteiger partial charge in [-0.25, -0.2) is 8.42 Å². The molecule has 0 radical (unpaired) electrons. The fourth-order valence-corrected chi connectivity index (χ4v) is 2.28. The Balaban J connectivity index is 3.87. The Morgan fingerprint density at radius 3 is 2.14 bits per heavy atom. The second-order valence-corrected chi connectivity index (χ2v) is 8.29. The molecule has 0 aliphatic rings. The van der Waals surface area contributed by atoms with E-state index in [0.717, 1.165) is 12.8 Å². The average molecular weight is 285 g/mol. The molecule has 0 saturated carbocycles. The van der Waals surface area contributed by atoms with E-state index >= 15 is 0 Å². The van der Waals surface area contributed by atoms with Crippen LogP contribution in [0.3, 0.4) is 0 Å². The zero-order valence-electron chi connectivity index (χ0n) is 9.51. The smallest absolute Gasteiger partial charge is 0.150 e. The minimum atomic E-state index is -2.78. The summed E-state index contributed by atoms with van der Waals surface area (Å²) in [6.07, 6.45) is 1.67. The summed E-state index contributed by atoms with van der Waals surface area (Å²) < 4.78 is 22.4. The van der Waals surface area contributed by atoms with E-state index in [2.05, 4.69) is 36.7 Å².